The van der Waals surface area contributed by atoms with Crippen LogP contribution in [0.3, 0.4) is 0 Å². The summed E-state index contributed by atoms with van der Waals surface area (Å²) in [6, 6.07) is 7.93. The van der Waals surface area contributed by atoms with Gasteiger partial charge in [0.05, 0.1) is 28.5 Å². The maximum Gasteiger partial charge on any atom is 0.116 e. The van der Waals surface area contributed by atoms with Crippen molar-refractivity contribution in [2.45, 2.75) is 32.4 Å². The number of para-hydroxylation sites is 2. The Morgan fingerprint density at radius 1 is 1.50 bits per heavy atom. The van der Waals surface area contributed by atoms with Gasteiger partial charge in [-0.3, -0.25) is 0 Å². The van der Waals surface area contributed by atoms with Crippen LogP contribution in [0.2, 0.25) is 0 Å². The van der Waals surface area contributed by atoms with Crippen LogP contribution in [-0.4, -0.2) is 25.8 Å². The van der Waals surface area contributed by atoms with Gasteiger partial charge < -0.3 is 15.4 Å². The summed E-state index contributed by atoms with van der Waals surface area (Å²) in [6.45, 7) is 2.50. The van der Waals surface area contributed by atoms with E-state index in [9.17, 15) is 5.11 Å². The minimum Gasteiger partial charge on any atom is -0.393 e. The Morgan fingerprint density at radius 2 is 2.22 bits per heavy atom. The quantitative estimate of drug-likeness (QED) is 0.805. The summed E-state index contributed by atoms with van der Waals surface area (Å²) in [6.07, 6.45) is 0.845. The summed E-state index contributed by atoms with van der Waals surface area (Å²) in [5.74, 6) is 0.865. The lowest BCUT2D eigenvalue weighted by Crippen LogP contribution is -2.16. The van der Waals surface area contributed by atoms with Crippen LogP contribution in [0.5, 0.6) is 0 Å². The third-order valence-corrected chi connectivity index (χ3v) is 2.98. The molecule has 0 amide bonds. The van der Waals surface area contributed by atoms with Gasteiger partial charge in [-0.05, 0) is 25.5 Å². The molecule has 1 unspecified atom stereocenters. The van der Waals surface area contributed by atoms with E-state index in [1.165, 1.54) is 0 Å². The molecule has 0 spiro atoms. The van der Waals surface area contributed by atoms with Crippen LogP contribution in [0.25, 0.3) is 11.0 Å². The summed E-state index contributed by atoms with van der Waals surface area (Å²) in [5, 5.41) is 9.41. The van der Waals surface area contributed by atoms with Crippen molar-refractivity contribution in [3.05, 3.63) is 30.1 Å². The Bertz CT molecular complexity index is 562. The van der Waals surface area contributed by atoms with Gasteiger partial charge in [0.2, 0.25) is 0 Å². The largest absolute Gasteiger partial charge is 0.393 e. The fourth-order valence-corrected chi connectivity index (χ4v) is 2.11. The molecule has 0 radical (unpaired) electrons. The number of fused-ring (bicyclic) bond motifs is 1. The third kappa shape index (κ3) is 2.86. The molecule has 18 heavy (non-hydrogen) atoms. The first-order valence-electron chi connectivity index (χ1n) is 5.98. The molecule has 2 aromatic rings. The molecule has 0 fully saturated rings. The number of aliphatic hydroxyl groups excluding tert-OH is 1. The predicted molar refractivity (Wildman–Crippen MR) is 76.5 cm³/mol. The zero-order valence-electron chi connectivity index (χ0n) is 10.3. The van der Waals surface area contributed by atoms with Crippen LogP contribution in [0.15, 0.2) is 24.3 Å². The zero-order chi connectivity index (χ0) is 13.1. The summed E-state index contributed by atoms with van der Waals surface area (Å²) in [7, 11) is 0. The highest BCUT2D eigenvalue weighted by Crippen LogP contribution is 2.17. The number of thiocarbonyl (C=S) groups is 1. The maximum absolute atomic E-state index is 9.41. The number of aliphatic hydroxyl groups is 1. The molecule has 0 saturated heterocycles. The van der Waals surface area contributed by atoms with Crippen molar-refractivity contribution in [1.29, 1.82) is 0 Å². The molecule has 0 aliphatic carbocycles. The Kier molecular flexibility index (Phi) is 3.93. The highest BCUT2D eigenvalue weighted by molar-refractivity contribution is 7.80. The Morgan fingerprint density at radius 3 is 2.89 bits per heavy atom. The van der Waals surface area contributed by atoms with E-state index in [0.29, 0.717) is 17.8 Å². The first-order valence-corrected chi connectivity index (χ1v) is 6.39. The van der Waals surface area contributed by atoms with E-state index in [-0.39, 0.29) is 6.10 Å². The molecular formula is C13H17N3OS. The van der Waals surface area contributed by atoms with Gasteiger partial charge in [-0.15, -0.1) is 0 Å². The number of nitrogens with two attached hydrogens (primary N) is 1. The van der Waals surface area contributed by atoms with Gasteiger partial charge in [-0.2, -0.15) is 0 Å². The summed E-state index contributed by atoms with van der Waals surface area (Å²) in [5.41, 5.74) is 7.60. The van der Waals surface area contributed by atoms with E-state index in [1.54, 1.807) is 6.92 Å². The maximum atomic E-state index is 9.41. The average Bonchev–Trinajstić information content (AvgIpc) is 2.62. The standard InChI is InChI=1S/C13H17N3OS/c1-9(17)6-7-16-11-5-3-2-4-10(11)15-13(16)8-12(14)18/h2-5,9,17H,6-8H2,1H3,(H2,14,18). The molecule has 96 valence electrons. The van der Waals surface area contributed by atoms with E-state index in [4.69, 9.17) is 18.0 Å². The summed E-state index contributed by atoms with van der Waals surface area (Å²) in [4.78, 5) is 4.98. The third-order valence-electron chi connectivity index (χ3n) is 2.84. The van der Waals surface area contributed by atoms with Crippen LogP contribution >= 0.6 is 12.2 Å². The summed E-state index contributed by atoms with van der Waals surface area (Å²) < 4.78 is 2.08. The SMILES string of the molecule is CC(O)CCn1c(CC(N)=S)nc2ccccc21. The van der Waals surface area contributed by atoms with Gasteiger partial charge in [-0.1, -0.05) is 24.4 Å². The van der Waals surface area contributed by atoms with Crippen molar-refractivity contribution < 1.29 is 5.11 Å². The van der Waals surface area contributed by atoms with Gasteiger partial charge >= 0.3 is 0 Å². The van der Waals surface area contributed by atoms with Crippen molar-refractivity contribution in [2.75, 3.05) is 0 Å². The van der Waals surface area contributed by atoms with Gasteiger partial charge in [0, 0.05) is 6.54 Å². The van der Waals surface area contributed by atoms with Gasteiger partial charge in [0.15, 0.2) is 0 Å². The molecule has 1 atom stereocenters. The summed E-state index contributed by atoms with van der Waals surface area (Å²) >= 11 is 4.95. The minimum atomic E-state index is -0.330. The molecule has 1 aromatic heterocycles. The van der Waals surface area contributed by atoms with Crippen LogP contribution in [0.1, 0.15) is 19.2 Å². The molecule has 1 aromatic carbocycles. The highest BCUT2D eigenvalue weighted by atomic mass is 32.1. The number of aromatic nitrogens is 2. The molecule has 0 bridgehead atoms. The van der Waals surface area contributed by atoms with Crippen LogP contribution in [0.4, 0.5) is 0 Å². The highest BCUT2D eigenvalue weighted by Gasteiger charge is 2.11. The predicted octanol–water partition coefficient (Wildman–Crippen LogP) is 1.64. The Hall–Kier alpha value is -1.46. The smallest absolute Gasteiger partial charge is 0.116 e. The number of benzene rings is 1. The van der Waals surface area contributed by atoms with Crippen molar-refractivity contribution in [1.82, 2.24) is 9.55 Å². The van der Waals surface area contributed by atoms with Crippen molar-refractivity contribution in [3.63, 3.8) is 0 Å². The monoisotopic (exact) mass is 263 g/mol. The Balaban J connectivity index is 2.40. The second-order valence-corrected chi connectivity index (χ2v) is 4.97. The minimum absolute atomic E-state index is 0.330. The molecule has 1 heterocycles. The number of rotatable bonds is 5. The second kappa shape index (κ2) is 5.46. The fourth-order valence-electron chi connectivity index (χ4n) is 1.98. The van der Waals surface area contributed by atoms with E-state index < -0.39 is 0 Å². The number of hydrogen-bond donors (Lipinski definition) is 2. The van der Waals surface area contributed by atoms with Crippen LogP contribution in [-0.2, 0) is 13.0 Å². The van der Waals surface area contributed by atoms with Crippen molar-refractivity contribution >= 4 is 28.2 Å². The van der Waals surface area contributed by atoms with Gasteiger partial charge in [0.1, 0.15) is 5.82 Å². The lowest BCUT2D eigenvalue weighted by Gasteiger charge is -2.10. The number of imidazole rings is 1. The Labute approximate surface area is 111 Å². The van der Waals surface area contributed by atoms with Crippen molar-refractivity contribution in [2.24, 2.45) is 5.73 Å². The van der Waals surface area contributed by atoms with E-state index in [0.717, 1.165) is 23.4 Å². The molecule has 0 aliphatic rings. The van der Waals surface area contributed by atoms with Gasteiger partial charge in [-0.25, -0.2) is 4.98 Å². The first-order chi connectivity index (χ1) is 8.58. The lowest BCUT2D eigenvalue weighted by molar-refractivity contribution is 0.178. The lowest BCUT2D eigenvalue weighted by atomic mass is 10.2. The normalized spacial score (nSPS) is 12.8. The van der Waals surface area contributed by atoms with Crippen LogP contribution < -0.4 is 5.73 Å². The molecule has 4 nitrogen and oxygen atoms in total. The number of aryl methyl sites for hydroxylation is 1. The molecule has 0 saturated carbocycles. The van der Waals surface area contributed by atoms with E-state index in [1.807, 2.05) is 24.3 Å². The second-order valence-electron chi connectivity index (χ2n) is 4.45. The fraction of sp³-hybridized carbons (Fsp3) is 0.385. The van der Waals surface area contributed by atoms with E-state index >= 15 is 0 Å². The average molecular weight is 263 g/mol. The number of nitrogens with zero attached hydrogens (tertiary/aromatic N) is 2. The molecule has 3 N–H and O–H groups in total. The molecule has 0 aliphatic heterocycles. The topological polar surface area (TPSA) is 64.1 Å². The first kappa shape index (κ1) is 13.0. The zero-order valence-corrected chi connectivity index (χ0v) is 11.2. The van der Waals surface area contributed by atoms with Crippen LogP contribution in [0, 0.1) is 0 Å². The van der Waals surface area contributed by atoms with Crippen molar-refractivity contribution in [3.8, 4) is 0 Å². The molecular weight excluding hydrogens is 246 g/mol. The molecule has 5 heteroatoms. The van der Waals surface area contributed by atoms with Gasteiger partial charge in [0.25, 0.3) is 0 Å². The van der Waals surface area contributed by atoms with E-state index in [2.05, 4.69) is 9.55 Å². The number of hydrogen-bond acceptors (Lipinski definition) is 3. The molecule has 2 rings (SSSR count).